The van der Waals surface area contributed by atoms with Gasteiger partial charge in [-0.15, -0.1) is 0 Å². The van der Waals surface area contributed by atoms with Crippen LogP contribution in [0.2, 0.25) is 0 Å². The molecular formula is C27H28BrFN2O5. The first kappa shape index (κ1) is 27.0. The zero-order valence-electron chi connectivity index (χ0n) is 20.3. The van der Waals surface area contributed by atoms with E-state index in [4.69, 9.17) is 18.9 Å². The second-order valence-electron chi connectivity index (χ2n) is 7.56. The van der Waals surface area contributed by atoms with Crippen molar-refractivity contribution < 1.29 is 28.1 Å². The van der Waals surface area contributed by atoms with Crippen LogP contribution in [0, 0.1) is 5.82 Å². The highest BCUT2D eigenvalue weighted by Gasteiger charge is 2.14. The second-order valence-corrected chi connectivity index (χ2v) is 8.41. The van der Waals surface area contributed by atoms with Crippen molar-refractivity contribution in [3.8, 4) is 23.0 Å². The highest BCUT2D eigenvalue weighted by atomic mass is 79.9. The molecule has 0 aliphatic rings. The van der Waals surface area contributed by atoms with Crippen molar-refractivity contribution in [2.45, 2.75) is 26.9 Å². The van der Waals surface area contributed by atoms with Gasteiger partial charge in [0.1, 0.15) is 12.4 Å². The van der Waals surface area contributed by atoms with Gasteiger partial charge in [0.05, 0.1) is 31.0 Å². The third-order valence-electron chi connectivity index (χ3n) is 4.93. The Hall–Kier alpha value is -3.59. The molecule has 0 saturated carbocycles. The van der Waals surface area contributed by atoms with Crippen molar-refractivity contribution >= 4 is 28.1 Å². The van der Waals surface area contributed by atoms with Gasteiger partial charge in [0.15, 0.2) is 23.0 Å². The molecule has 36 heavy (non-hydrogen) atoms. The number of benzene rings is 3. The maximum atomic E-state index is 13.9. The highest BCUT2D eigenvalue weighted by Crippen LogP contribution is 2.37. The van der Waals surface area contributed by atoms with Gasteiger partial charge in [-0.25, -0.2) is 9.82 Å². The Kier molecular flexibility index (Phi) is 10.1. The zero-order chi connectivity index (χ0) is 25.9. The smallest absolute Gasteiger partial charge is 0.271 e. The average Bonchev–Trinajstić information content (AvgIpc) is 2.88. The van der Waals surface area contributed by atoms with Crippen LogP contribution in [0.15, 0.2) is 64.2 Å². The van der Waals surface area contributed by atoms with Crippen LogP contribution in [0.1, 0.15) is 41.8 Å². The largest absolute Gasteiger partial charge is 0.493 e. The number of halogens is 2. The topological polar surface area (TPSA) is 78.4 Å². The third kappa shape index (κ3) is 7.21. The summed E-state index contributed by atoms with van der Waals surface area (Å²) >= 11 is 3.46. The summed E-state index contributed by atoms with van der Waals surface area (Å²) in [5.41, 5.74) is 3.97. The predicted octanol–water partition coefficient (Wildman–Crippen LogP) is 6.13. The fourth-order valence-electron chi connectivity index (χ4n) is 3.20. The maximum Gasteiger partial charge on any atom is 0.271 e. The van der Waals surface area contributed by atoms with Gasteiger partial charge in [0.2, 0.25) is 0 Å². The predicted molar refractivity (Wildman–Crippen MR) is 140 cm³/mol. The Morgan fingerprint density at radius 2 is 1.83 bits per heavy atom. The molecule has 3 aromatic rings. The van der Waals surface area contributed by atoms with Gasteiger partial charge in [-0.2, -0.15) is 5.10 Å². The summed E-state index contributed by atoms with van der Waals surface area (Å²) in [6.45, 7) is 4.92. The van der Waals surface area contributed by atoms with E-state index in [-0.39, 0.29) is 12.4 Å². The number of rotatable bonds is 12. The van der Waals surface area contributed by atoms with E-state index in [1.165, 1.54) is 19.4 Å². The molecule has 0 aromatic heterocycles. The monoisotopic (exact) mass is 558 g/mol. The minimum atomic E-state index is -0.398. The Bertz CT molecular complexity index is 1220. The van der Waals surface area contributed by atoms with Crippen LogP contribution in [0.3, 0.4) is 0 Å². The first-order chi connectivity index (χ1) is 17.5. The van der Waals surface area contributed by atoms with Gasteiger partial charge < -0.3 is 18.9 Å². The van der Waals surface area contributed by atoms with Crippen LogP contribution in [0.5, 0.6) is 23.0 Å². The van der Waals surface area contributed by atoms with Gasteiger partial charge in [0, 0.05) is 11.1 Å². The van der Waals surface area contributed by atoms with Crippen molar-refractivity contribution in [1.29, 1.82) is 0 Å². The molecule has 0 radical (unpaired) electrons. The number of hydrogen-bond donors (Lipinski definition) is 1. The molecule has 0 spiro atoms. The number of methoxy groups -OCH3 is 1. The van der Waals surface area contributed by atoms with E-state index in [1.807, 2.05) is 13.8 Å². The molecular weight excluding hydrogens is 531 g/mol. The number of nitrogens with one attached hydrogen (secondary N) is 1. The summed E-state index contributed by atoms with van der Waals surface area (Å²) in [4.78, 5) is 12.6. The average molecular weight is 559 g/mol. The lowest BCUT2D eigenvalue weighted by Crippen LogP contribution is -2.17. The Labute approximate surface area is 218 Å². The van der Waals surface area contributed by atoms with Crippen LogP contribution in [0.25, 0.3) is 0 Å². The number of carbonyl (C=O) groups excluding carboxylic acids is 1. The highest BCUT2D eigenvalue weighted by molar-refractivity contribution is 9.10. The van der Waals surface area contributed by atoms with Gasteiger partial charge in [-0.05, 0) is 71.2 Å². The van der Waals surface area contributed by atoms with Crippen LogP contribution in [0.4, 0.5) is 4.39 Å². The molecule has 0 fully saturated rings. The molecule has 1 amide bonds. The molecule has 0 atom stereocenters. The van der Waals surface area contributed by atoms with Crippen LogP contribution in [-0.4, -0.2) is 32.4 Å². The minimum absolute atomic E-state index is 0.0388. The molecule has 3 aromatic carbocycles. The van der Waals surface area contributed by atoms with E-state index in [0.717, 1.165) is 6.42 Å². The van der Waals surface area contributed by atoms with Crippen LogP contribution in [-0.2, 0) is 6.61 Å². The normalized spacial score (nSPS) is 10.8. The van der Waals surface area contributed by atoms with E-state index in [2.05, 4.69) is 26.5 Å². The van der Waals surface area contributed by atoms with Crippen LogP contribution >= 0.6 is 15.9 Å². The SMILES string of the molecule is CCCOc1ccc(C(=O)N/N=C/c2cc(Br)c(OCc3ccccc3F)c(OC)c2)cc1OCC. The number of carbonyl (C=O) groups is 1. The van der Waals surface area contributed by atoms with Crippen molar-refractivity contribution in [2.24, 2.45) is 5.10 Å². The summed E-state index contributed by atoms with van der Waals surface area (Å²) in [6.07, 6.45) is 2.34. The Morgan fingerprint density at radius 1 is 1.03 bits per heavy atom. The van der Waals surface area contributed by atoms with Crippen molar-refractivity contribution in [2.75, 3.05) is 20.3 Å². The van der Waals surface area contributed by atoms with Gasteiger partial charge in [0.25, 0.3) is 5.91 Å². The number of amides is 1. The third-order valence-corrected chi connectivity index (χ3v) is 5.52. The molecule has 190 valence electrons. The van der Waals surface area contributed by atoms with E-state index < -0.39 is 5.91 Å². The molecule has 0 unspecified atom stereocenters. The zero-order valence-corrected chi connectivity index (χ0v) is 21.9. The summed E-state index contributed by atoms with van der Waals surface area (Å²) in [5, 5.41) is 4.05. The molecule has 3 rings (SSSR count). The standard InChI is InChI=1S/C27H28BrFN2O5/c1-4-12-35-23-11-10-19(15-24(23)34-5-2)27(32)31-30-16-18-13-21(28)26(25(14-18)33-3)36-17-20-8-6-7-9-22(20)29/h6-11,13-16H,4-5,12,17H2,1-3H3,(H,31,32)/b30-16+. The molecule has 0 saturated heterocycles. The second kappa shape index (κ2) is 13.5. The van der Waals surface area contributed by atoms with E-state index in [9.17, 15) is 9.18 Å². The summed E-state index contributed by atoms with van der Waals surface area (Å²) < 4.78 is 37.0. The van der Waals surface area contributed by atoms with Gasteiger partial charge in [-0.3, -0.25) is 4.79 Å². The lowest BCUT2D eigenvalue weighted by atomic mass is 10.2. The van der Waals surface area contributed by atoms with E-state index in [0.29, 0.717) is 57.4 Å². The molecule has 0 aliphatic carbocycles. The summed E-state index contributed by atoms with van der Waals surface area (Å²) in [6, 6.07) is 14.8. The molecule has 9 heteroatoms. The number of nitrogens with zero attached hydrogens (tertiary/aromatic N) is 1. The number of hydrogen-bond acceptors (Lipinski definition) is 6. The maximum absolute atomic E-state index is 13.9. The van der Waals surface area contributed by atoms with E-state index in [1.54, 1.807) is 48.5 Å². The molecule has 0 bridgehead atoms. The van der Waals surface area contributed by atoms with E-state index >= 15 is 0 Å². The van der Waals surface area contributed by atoms with Crippen molar-refractivity contribution in [1.82, 2.24) is 5.43 Å². The molecule has 0 heterocycles. The lowest BCUT2D eigenvalue weighted by Gasteiger charge is -2.14. The quantitative estimate of drug-likeness (QED) is 0.214. The summed E-state index contributed by atoms with van der Waals surface area (Å²) in [7, 11) is 1.50. The minimum Gasteiger partial charge on any atom is -0.493 e. The fourth-order valence-corrected chi connectivity index (χ4v) is 3.77. The van der Waals surface area contributed by atoms with Crippen molar-refractivity contribution in [3.63, 3.8) is 0 Å². The lowest BCUT2D eigenvalue weighted by molar-refractivity contribution is 0.0954. The van der Waals surface area contributed by atoms with Gasteiger partial charge in [-0.1, -0.05) is 25.1 Å². The molecule has 7 nitrogen and oxygen atoms in total. The number of hydrazone groups is 1. The van der Waals surface area contributed by atoms with Crippen molar-refractivity contribution in [3.05, 3.63) is 81.6 Å². The first-order valence-electron chi connectivity index (χ1n) is 11.4. The fraction of sp³-hybridized carbons (Fsp3) is 0.259. The van der Waals surface area contributed by atoms with Crippen LogP contribution < -0.4 is 24.4 Å². The Balaban J connectivity index is 1.69. The first-order valence-corrected chi connectivity index (χ1v) is 12.2. The Morgan fingerprint density at radius 3 is 2.56 bits per heavy atom. The number of ether oxygens (including phenoxy) is 4. The molecule has 1 N–H and O–H groups in total. The summed E-state index contributed by atoms with van der Waals surface area (Å²) in [5.74, 6) is 1.21. The van der Waals surface area contributed by atoms with Gasteiger partial charge >= 0.3 is 0 Å². The molecule has 0 aliphatic heterocycles.